The molecule has 1 rings (SSSR count). The lowest BCUT2D eigenvalue weighted by Crippen LogP contribution is -2.33. The third-order valence-electron chi connectivity index (χ3n) is 2.79. The summed E-state index contributed by atoms with van der Waals surface area (Å²) in [7, 11) is -1.49. The topological polar surface area (TPSA) is 9.23 Å². The Bertz CT molecular complexity index is 352. The van der Waals surface area contributed by atoms with Gasteiger partial charge in [-0.3, -0.25) is 0 Å². The molecule has 0 bridgehead atoms. The minimum atomic E-state index is -1.49. The molecule has 0 aromatic heterocycles. The van der Waals surface area contributed by atoms with Crippen molar-refractivity contribution in [1.82, 2.24) is 0 Å². The van der Waals surface area contributed by atoms with Gasteiger partial charge in [-0.15, -0.1) is 0 Å². The number of aryl methyl sites for hydroxylation is 1. The zero-order chi connectivity index (χ0) is 12.9. The van der Waals surface area contributed by atoms with E-state index in [2.05, 4.69) is 57.8 Å². The number of hydrogen-bond acceptors (Lipinski definition) is 1. The van der Waals surface area contributed by atoms with Gasteiger partial charge in [0.25, 0.3) is 0 Å². The van der Waals surface area contributed by atoms with Crippen LogP contribution >= 0.6 is 0 Å². The predicted octanol–water partition coefficient (Wildman–Crippen LogP) is 4.50. The first-order valence-corrected chi connectivity index (χ1v) is 9.44. The summed E-state index contributed by atoms with van der Waals surface area (Å²) < 4.78 is 6.03. The molecule has 94 valence electrons. The van der Waals surface area contributed by atoms with E-state index in [1.807, 2.05) is 6.08 Å². The monoisotopic (exact) mass is 248 g/mol. The smallest absolute Gasteiger partial charge is 0.187 e. The Morgan fingerprint density at radius 2 is 1.82 bits per heavy atom. The van der Waals surface area contributed by atoms with Crippen molar-refractivity contribution in [2.75, 3.05) is 0 Å². The first-order valence-electron chi connectivity index (χ1n) is 6.32. The van der Waals surface area contributed by atoms with Crippen LogP contribution in [0.15, 0.2) is 30.8 Å². The van der Waals surface area contributed by atoms with Crippen molar-refractivity contribution in [3.05, 3.63) is 42.0 Å². The van der Waals surface area contributed by atoms with Gasteiger partial charge in [0.2, 0.25) is 0 Å². The van der Waals surface area contributed by atoms with E-state index in [4.69, 9.17) is 4.43 Å². The second-order valence-corrected chi connectivity index (χ2v) is 9.63. The van der Waals surface area contributed by atoms with Gasteiger partial charge in [0.1, 0.15) is 0 Å². The van der Waals surface area contributed by atoms with Crippen molar-refractivity contribution in [3.63, 3.8) is 0 Å². The molecule has 0 fully saturated rings. The molecule has 0 amide bonds. The Kier molecular flexibility index (Phi) is 5.16. The van der Waals surface area contributed by atoms with Gasteiger partial charge >= 0.3 is 0 Å². The standard InChI is InChI=1S/C15H24OSi/c1-6-14-7-9-15(10-8-14)11-12-17(4,5)16-13(2)3/h6-10,13H,1,11-12H2,2-5H3. The molecule has 0 heterocycles. The Morgan fingerprint density at radius 1 is 1.24 bits per heavy atom. The minimum Gasteiger partial charge on any atom is -0.415 e. The van der Waals surface area contributed by atoms with E-state index in [1.165, 1.54) is 17.2 Å². The average molecular weight is 248 g/mol. The highest BCUT2D eigenvalue weighted by Gasteiger charge is 2.23. The van der Waals surface area contributed by atoms with E-state index in [9.17, 15) is 0 Å². The molecule has 1 nitrogen and oxygen atoms in total. The van der Waals surface area contributed by atoms with Gasteiger partial charge in [0.05, 0.1) is 0 Å². The SMILES string of the molecule is C=Cc1ccc(CC[Si](C)(C)OC(C)C)cc1. The molecule has 0 aliphatic carbocycles. The summed E-state index contributed by atoms with van der Waals surface area (Å²) in [4.78, 5) is 0. The van der Waals surface area contributed by atoms with Crippen LogP contribution in [0.4, 0.5) is 0 Å². The van der Waals surface area contributed by atoms with Crippen LogP contribution in [0.3, 0.4) is 0 Å². The summed E-state index contributed by atoms with van der Waals surface area (Å²) in [6.07, 6.45) is 3.34. The first-order chi connectivity index (χ1) is 7.93. The molecule has 1 aromatic carbocycles. The molecule has 0 aliphatic heterocycles. The van der Waals surface area contributed by atoms with Crippen molar-refractivity contribution in [2.45, 2.75) is 45.5 Å². The lowest BCUT2D eigenvalue weighted by Gasteiger charge is -2.25. The summed E-state index contributed by atoms with van der Waals surface area (Å²) in [5.74, 6) is 0. The molecule has 0 aliphatic rings. The fourth-order valence-corrected chi connectivity index (χ4v) is 4.25. The van der Waals surface area contributed by atoms with Crippen LogP contribution in [0.25, 0.3) is 6.08 Å². The van der Waals surface area contributed by atoms with Crippen LogP contribution in [0.5, 0.6) is 0 Å². The Balaban J connectivity index is 2.51. The maximum atomic E-state index is 6.03. The number of rotatable bonds is 6. The number of hydrogen-bond donors (Lipinski definition) is 0. The Morgan fingerprint density at radius 3 is 2.29 bits per heavy atom. The lowest BCUT2D eigenvalue weighted by atomic mass is 10.1. The van der Waals surface area contributed by atoms with Gasteiger partial charge in [0, 0.05) is 6.10 Å². The van der Waals surface area contributed by atoms with E-state index in [-0.39, 0.29) is 0 Å². The maximum Gasteiger partial charge on any atom is 0.187 e. The molecule has 0 saturated heterocycles. The van der Waals surface area contributed by atoms with Crippen LogP contribution in [0.2, 0.25) is 19.1 Å². The molecule has 0 N–H and O–H groups in total. The zero-order valence-electron chi connectivity index (χ0n) is 11.5. The second kappa shape index (κ2) is 6.17. The van der Waals surface area contributed by atoms with Gasteiger partial charge in [-0.05, 0) is 50.5 Å². The highest BCUT2D eigenvalue weighted by atomic mass is 28.4. The summed E-state index contributed by atoms with van der Waals surface area (Å²) in [6.45, 7) is 12.6. The first kappa shape index (κ1) is 14.2. The van der Waals surface area contributed by atoms with E-state index < -0.39 is 8.32 Å². The molecule has 0 unspecified atom stereocenters. The van der Waals surface area contributed by atoms with Gasteiger partial charge in [0.15, 0.2) is 8.32 Å². The molecule has 0 spiro atoms. The fourth-order valence-electron chi connectivity index (χ4n) is 1.96. The van der Waals surface area contributed by atoms with Crippen LogP contribution in [0.1, 0.15) is 25.0 Å². The molecule has 0 saturated carbocycles. The lowest BCUT2D eigenvalue weighted by molar-refractivity contribution is 0.231. The fraction of sp³-hybridized carbons (Fsp3) is 0.467. The van der Waals surface area contributed by atoms with E-state index >= 15 is 0 Å². The summed E-state index contributed by atoms with van der Waals surface area (Å²) in [6, 6.07) is 9.81. The quantitative estimate of drug-likeness (QED) is 0.673. The molecular weight excluding hydrogens is 224 g/mol. The minimum absolute atomic E-state index is 0.347. The highest BCUT2D eigenvalue weighted by molar-refractivity contribution is 6.71. The van der Waals surface area contributed by atoms with Crippen LogP contribution in [-0.4, -0.2) is 14.4 Å². The molecular formula is C15H24OSi. The van der Waals surface area contributed by atoms with Crippen molar-refractivity contribution in [3.8, 4) is 0 Å². The average Bonchev–Trinajstić information content (AvgIpc) is 2.25. The van der Waals surface area contributed by atoms with Crippen molar-refractivity contribution >= 4 is 14.4 Å². The summed E-state index contributed by atoms with van der Waals surface area (Å²) in [5, 5.41) is 0. The van der Waals surface area contributed by atoms with Crippen molar-refractivity contribution < 1.29 is 4.43 Å². The molecule has 2 heteroatoms. The van der Waals surface area contributed by atoms with Gasteiger partial charge in [-0.2, -0.15) is 0 Å². The highest BCUT2D eigenvalue weighted by Crippen LogP contribution is 2.17. The summed E-state index contributed by atoms with van der Waals surface area (Å²) >= 11 is 0. The maximum absolute atomic E-state index is 6.03. The third-order valence-corrected chi connectivity index (χ3v) is 5.35. The second-order valence-electron chi connectivity index (χ2n) is 5.37. The van der Waals surface area contributed by atoms with Gasteiger partial charge < -0.3 is 4.43 Å². The molecule has 0 radical (unpaired) electrons. The normalized spacial score (nSPS) is 11.8. The Labute approximate surface area is 107 Å². The van der Waals surface area contributed by atoms with E-state index in [0.29, 0.717) is 6.10 Å². The number of benzene rings is 1. The van der Waals surface area contributed by atoms with Crippen molar-refractivity contribution in [1.29, 1.82) is 0 Å². The largest absolute Gasteiger partial charge is 0.415 e. The molecule has 0 atom stereocenters. The van der Waals surface area contributed by atoms with Crippen LogP contribution < -0.4 is 0 Å². The van der Waals surface area contributed by atoms with Crippen LogP contribution in [0, 0.1) is 0 Å². The van der Waals surface area contributed by atoms with Gasteiger partial charge in [-0.1, -0.05) is 36.9 Å². The van der Waals surface area contributed by atoms with Gasteiger partial charge in [-0.25, -0.2) is 0 Å². The van der Waals surface area contributed by atoms with Crippen molar-refractivity contribution in [2.24, 2.45) is 0 Å². The zero-order valence-corrected chi connectivity index (χ0v) is 12.5. The third kappa shape index (κ3) is 5.33. The predicted molar refractivity (Wildman–Crippen MR) is 78.7 cm³/mol. The molecule has 17 heavy (non-hydrogen) atoms. The Hall–Kier alpha value is -0.863. The van der Waals surface area contributed by atoms with Crippen LogP contribution in [-0.2, 0) is 10.8 Å². The molecule has 1 aromatic rings. The van der Waals surface area contributed by atoms with E-state index in [1.54, 1.807) is 0 Å². The van der Waals surface area contributed by atoms with E-state index in [0.717, 1.165) is 6.42 Å². The summed E-state index contributed by atoms with van der Waals surface area (Å²) in [5.41, 5.74) is 2.58.